The van der Waals surface area contributed by atoms with Gasteiger partial charge in [-0.2, -0.15) is 0 Å². The highest BCUT2D eigenvalue weighted by Gasteiger charge is 1.73. The number of rotatable bonds is 0. The summed E-state index contributed by atoms with van der Waals surface area (Å²) in [4.78, 5) is 3.87. The molecule has 0 fully saturated rings. The van der Waals surface area contributed by atoms with Crippen LogP contribution >= 0.6 is 0 Å². The van der Waals surface area contributed by atoms with Crippen LogP contribution in [0.25, 0.3) is 0 Å². The van der Waals surface area contributed by atoms with Crippen molar-refractivity contribution in [1.29, 1.82) is 0 Å². The van der Waals surface area contributed by atoms with Gasteiger partial charge in [0.25, 0.3) is 0 Å². The van der Waals surface area contributed by atoms with Gasteiger partial charge >= 0.3 is 0 Å². The van der Waals surface area contributed by atoms with Gasteiger partial charge in [-0.15, -0.1) is 0 Å². The van der Waals surface area contributed by atoms with Crippen LogP contribution in [0.2, 0.25) is 0 Å². The van der Waals surface area contributed by atoms with E-state index in [0.29, 0.717) is 0 Å². The Balaban J connectivity index is 3.02. The lowest BCUT2D eigenvalue weighted by Gasteiger charge is -1.82. The van der Waals surface area contributed by atoms with E-state index < -0.39 is 0 Å². The molecule has 7 heavy (non-hydrogen) atoms. The molecule has 0 saturated heterocycles. The van der Waals surface area contributed by atoms with Crippen molar-refractivity contribution in [2.24, 2.45) is 0 Å². The summed E-state index contributed by atoms with van der Waals surface area (Å²) >= 11 is 0. The third kappa shape index (κ3) is 1.12. The predicted molar refractivity (Wildman–Crippen MR) is 33.8 cm³/mol. The van der Waals surface area contributed by atoms with Crippen molar-refractivity contribution in [2.45, 2.75) is 0 Å². The second kappa shape index (κ2) is 1.89. The lowest BCUT2D eigenvalue weighted by molar-refractivity contribution is 1.34. The first-order valence-corrected chi connectivity index (χ1v) is 3.26. The molecule has 0 aliphatic rings. The van der Waals surface area contributed by atoms with E-state index in [2.05, 4.69) is 4.98 Å². The van der Waals surface area contributed by atoms with Crippen LogP contribution < -0.4 is 5.19 Å². The first kappa shape index (κ1) is 4.52. The van der Waals surface area contributed by atoms with Crippen molar-refractivity contribution in [3.05, 3.63) is 24.5 Å². The molecule has 0 aliphatic carbocycles. The summed E-state index contributed by atoms with van der Waals surface area (Å²) in [5.74, 6) is 0. The maximum atomic E-state index is 3.87. The summed E-state index contributed by atoms with van der Waals surface area (Å²) in [5.41, 5.74) is 0. The van der Waals surface area contributed by atoms with E-state index in [4.69, 9.17) is 0 Å². The molecule has 2 heteroatoms. The normalized spacial score (nSPS) is 9.14. The summed E-state index contributed by atoms with van der Waals surface area (Å²) in [6.45, 7) is 0. The van der Waals surface area contributed by atoms with Gasteiger partial charge in [0.1, 0.15) is 0 Å². The van der Waals surface area contributed by atoms with Crippen LogP contribution in [0, 0.1) is 0 Å². The van der Waals surface area contributed by atoms with E-state index in [9.17, 15) is 0 Å². The van der Waals surface area contributed by atoms with Crippen LogP contribution in [-0.2, 0) is 0 Å². The van der Waals surface area contributed by atoms with Crippen molar-refractivity contribution in [1.82, 2.24) is 4.98 Å². The molecule has 1 heterocycles. The Labute approximate surface area is 45.8 Å². The second-order valence-corrected chi connectivity index (χ2v) is 2.68. The van der Waals surface area contributed by atoms with Gasteiger partial charge in [0, 0.05) is 22.6 Å². The molecule has 1 nitrogen and oxygen atoms in total. The fourth-order valence-corrected chi connectivity index (χ4v) is 0.725. The summed E-state index contributed by atoms with van der Waals surface area (Å²) in [5, 5.41) is 1.40. The molecular formula is C5H7NSi. The molecule has 0 aliphatic heterocycles. The van der Waals surface area contributed by atoms with Gasteiger partial charge in [-0.25, -0.2) is 0 Å². The lowest BCUT2D eigenvalue weighted by atomic mass is 10.5. The molecule has 1 rings (SSSR count). The Morgan fingerprint density at radius 1 is 1.29 bits per heavy atom. The average molecular weight is 109 g/mol. The average Bonchev–Trinajstić information content (AvgIpc) is 1.69. The first-order valence-electron chi connectivity index (χ1n) is 2.26. The summed E-state index contributed by atoms with van der Waals surface area (Å²) < 4.78 is 0. The van der Waals surface area contributed by atoms with Crippen LogP contribution in [0.15, 0.2) is 24.5 Å². The predicted octanol–water partition coefficient (Wildman–Crippen LogP) is -0.928. The topological polar surface area (TPSA) is 12.9 Å². The van der Waals surface area contributed by atoms with E-state index in [1.54, 1.807) is 0 Å². The zero-order valence-electron chi connectivity index (χ0n) is 4.26. The van der Waals surface area contributed by atoms with Crippen LogP contribution in [0.4, 0.5) is 0 Å². The minimum Gasteiger partial charge on any atom is -0.265 e. The van der Waals surface area contributed by atoms with Crippen LogP contribution in [-0.4, -0.2) is 15.2 Å². The smallest absolute Gasteiger partial charge is 0.0386 e. The molecule has 1 aromatic rings. The molecule has 0 unspecified atom stereocenters. The number of nitrogens with zero attached hydrogens (tertiary/aromatic N) is 1. The molecular weight excluding hydrogens is 102 g/mol. The van der Waals surface area contributed by atoms with Gasteiger partial charge in [0.15, 0.2) is 0 Å². The van der Waals surface area contributed by atoms with Crippen molar-refractivity contribution in [3.8, 4) is 0 Å². The van der Waals surface area contributed by atoms with Gasteiger partial charge in [-0.05, 0) is 12.1 Å². The lowest BCUT2D eigenvalue weighted by Crippen LogP contribution is -1.98. The van der Waals surface area contributed by atoms with E-state index >= 15 is 0 Å². The molecule has 0 radical (unpaired) electrons. The second-order valence-electron chi connectivity index (χ2n) is 1.52. The fourth-order valence-electron chi connectivity index (χ4n) is 0.426. The standard InChI is InChI=1S/C5H7NSi/c7-5-1-3-6-4-2-5/h1-4H,7H3. The molecule has 0 atom stereocenters. The van der Waals surface area contributed by atoms with Gasteiger partial charge in [-0.1, -0.05) is 5.19 Å². The molecule has 0 amide bonds. The highest BCUT2D eigenvalue weighted by molar-refractivity contribution is 6.32. The molecule has 0 bridgehead atoms. The largest absolute Gasteiger partial charge is 0.265 e. The molecule has 1 aromatic heterocycles. The molecule has 0 saturated carbocycles. The molecule has 36 valence electrons. The number of pyridine rings is 1. The zero-order chi connectivity index (χ0) is 5.11. The van der Waals surface area contributed by atoms with Crippen molar-refractivity contribution in [3.63, 3.8) is 0 Å². The maximum absolute atomic E-state index is 3.87. The SMILES string of the molecule is [SiH3]c1ccncc1. The molecule has 0 N–H and O–H groups in total. The Bertz CT molecular complexity index is 138. The molecule has 0 aromatic carbocycles. The van der Waals surface area contributed by atoms with Crippen molar-refractivity contribution in [2.75, 3.05) is 0 Å². The summed E-state index contributed by atoms with van der Waals surface area (Å²) in [6, 6.07) is 4.07. The van der Waals surface area contributed by atoms with E-state index in [0.717, 1.165) is 10.2 Å². The van der Waals surface area contributed by atoms with Gasteiger partial charge in [0.05, 0.1) is 0 Å². The molecule has 0 spiro atoms. The summed E-state index contributed by atoms with van der Waals surface area (Å²) in [6.07, 6.45) is 3.64. The Morgan fingerprint density at radius 2 is 1.86 bits per heavy atom. The van der Waals surface area contributed by atoms with Gasteiger partial charge in [-0.3, -0.25) is 4.98 Å². The highest BCUT2D eigenvalue weighted by Crippen LogP contribution is 1.69. The minimum absolute atomic E-state index is 1.13. The quantitative estimate of drug-likeness (QED) is 0.392. The van der Waals surface area contributed by atoms with E-state index in [1.807, 2.05) is 24.5 Å². The maximum Gasteiger partial charge on any atom is 0.0386 e. The van der Waals surface area contributed by atoms with Crippen LogP contribution in [0.5, 0.6) is 0 Å². The third-order valence-electron chi connectivity index (χ3n) is 0.847. The van der Waals surface area contributed by atoms with Crippen LogP contribution in [0.3, 0.4) is 0 Å². The van der Waals surface area contributed by atoms with E-state index in [1.165, 1.54) is 5.19 Å². The first-order chi connectivity index (χ1) is 3.39. The number of aromatic nitrogens is 1. The third-order valence-corrected chi connectivity index (χ3v) is 1.51. The van der Waals surface area contributed by atoms with Crippen molar-refractivity contribution < 1.29 is 0 Å². The van der Waals surface area contributed by atoms with Crippen molar-refractivity contribution >= 4 is 15.4 Å². The van der Waals surface area contributed by atoms with Gasteiger partial charge in [0.2, 0.25) is 0 Å². The Hall–Kier alpha value is -0.633. The highest BCUT2D eigenvalue weighted by atomic mass is 28.1. The zero-order valence-corrected chi connectivity index (χ0v) is 6.26. The van der Waals surface area contributed by atoms with Crippen LogP contribution in [0.1, 0.15) is 0 Å². The summed E-state index contributed by atoms with van der Waals surface area (Å²) in [7, 11) is 1.13. The number of hydrogen-bond donors (Lipinski definition) is 0. The minimum atomic E-state index is 1.13. The Kier molecular flexibility index (Phi) is 1.22. The van der Waals surface area contributed by atoms with Gasteiger partial charge < -0.3 is 0 Å². The monoisotopic (exact) mass is 109 g/mol. The Morgan fingerprint density at radius 3 is 2.14 bits per heavy atom. The van der Waals surface area contributed by atoms with E-state index in [-0.39, 0.29) is 0 Å². The fraction of sp³-hybridized carbons (Fsp3) is 0. The number of hydrogen-bond acceptors (Lipinski definition) is 1.